The zero-order valence-electron chi connectivity index (χ0n) is 12.8. The third-order valence-electron chi connectivity index (χ3n) is 3.44. The Morgan fingerprint density at radius 3 is 2.40 bits per heavy atom. The largest absolute Gasteiger partial charge is 0.468 e. The molecule has 0 bridgehead atoms. The lowest BCUT2D eigenvalue weighted by Gasteiger charge is -2.22. The number of hydrogen-bond donors (Lipinski definition) is 1. The summed E-state index contributed by atoms with van der Waals surface area (Å²) in [4.78, 5) is 2.17. The van der Waals surface area contributed by atoms with Crippen LogP contribution in [0.1, 0.15) is 28.5 Å². The second kappa shape index (κ2) is 6.73. The van der Waals surface area contributed by atoms with Gasteiger partial charge in [-0.25, -0.2) is 0 Å². The molecule has 0 saturated heterocycles. The van der Waals surface area contributed by atoms with Gasteiger partial charge in [-0.3, -0.25) is 4.90 Å². The number of likely N-dealkylation sites (N-methyl/N-ethyl adjacent to an activating group) is 1. The Hall–Kier alpha value is -1.58. The molecule has 1 aromatic heterocycles. The van der Waals surface area contributed by atoms with Gasteiger partial charge < -0.3 is 9.73 Å². The third-order valence-corrected chi connectivity index (χ3v) is 3.44. The van der Waals surface area contributed by atoms with Crippen molar-refractivity contribution < 1.29 is 4.42 Å². The summed E-state index contributed by atoms with van der Waals surface area (Å²) in [7, 11) is 4.15. The Bertz CT molecular complexity index is 512. The molecule has 1 N–H and O–H groups in total. The number of benzene rings is 1. The van der Waals surface area contributed by atoms with Gasteiger partial charge in [-0.2, -0.15) is 0 Å². The van der Waals surface area contributed by atoms with Gasteiger partial charge in [0.25, 0.3) is 0 Å². The van der Waals surface area contributed by atoms with Gasteiger partial charge in [-0.05, 0) is 45.6 Å². The van der Waals surface area contributed by atoms with Crippen LogP contribution in [-0.4, -0.2) is 25.5 Å². The van der Waals surface area contributed by atoms with Gasteiger partial charge in [0.15, 0.2) is 0 Å². The van der Waals surface area contributed by atoms with Crippen LogP contribution < -0.4 is 5.32 Å². The van der Waals surface area contributed by atoms with Crippen LogP contribution in [0.3, 0.4) is 0 Å². The zero-order valence-corrected chi connectivity index (χ0v) is 12.8. The Kier molecular flexibility index (Phi) is 4.99. The smallest absolute Gasteiger partial charge is 0.122 e. The normalized spacial score (nSPS) is 12.8. The van der Waals surface area contributed by atoms with Crippen molar-refractivity contribution in [2.45, 2.75) is 26.4 Å². The highest BCUT2D eigenvalue weighted by Crippen LogP contribution is 2.17. The van der Waals surface area contributed by atoms with Crippen LogP contribution in [-0.2, 0) is 6.54 Å². The topological polar surface area (TPSA) is 28.4 Å². The van der Waals surface area contributed by atoms with Gasteiger partial charge in [-0.15, -0.1) is 0 Å². The van der Waals surface area contributed by atoms with E-state index < -0.39 is 0 Å². The second-order valence-electron chi connectivity index (χ2n) is 5.62. The van der Waals surface area contributed by atoms with E-state index in [-0.39, 0.29) is 6.04 Å². The minimum atomic E-state index is 0.260. The van der Waals surface area contributed by atoms with Crippen molar-refractivity contribution in [2.24, 2.45) is 0 Å². The first-order valence-electron chi connectivity index (χ1n) is 7.04. The van der Waals surface area contributed by atoms with Crippen LogP contribution >= 0.6 is 0 Å². The van der Waals surface area contributed by atoms with Crippen molar-refractivity contribution in [1.82, 2.24) is 10.2 Å². The average molecular weight is 272 g/mol. The molecule has 2 rings (SSSR count). The molecule has 0 aliphatic rings. The van der Waals surface area contributed by atoms with Crippen LogP contribution in [0.2, 0.25) is 0 Å². The number of nitrogens with one attached hydrogen (secondary N) is 1. The van der Waals surface area contributed by atoms with Crippen molar-refractivity contribution in [1.29, 1.82) is 0 Å². The molecule has 0 saturated carbocycles. The average Bonchev–Trinajstić information content (AvgIpc) is 2.86. The maximum Gasteiger partial charge on any atom is 0.122 e. The molecule has 0 amide bonds. The molecular weight excluding hydrogens is 248 g/mol. The third kappa shape index (κ3) is 3.95. The number of rotatable bonds is 6. The van der Waals surface area contributed by atoms with Crippen LogP contribution in [0.25, 0.3) is 0 Å². The van der Waals surface area contributed by atoms with E-state index in [0.29, 0.717) is 0 Å². The molecule has 0 fully saturated rings. The molecule has 2 aromatic rings. The van der Waals surface area contributed by atoms with E-state index in [2.05, 4.69) is 56.4 Å². The van der Waals surface area contributed by atoms with Gasteiger partial charge in [0, 0.05) is 13.1 Å². The van der Waals surface area contributed by atoms with Crippen molar-refractivity contribution in [2.75, 3.05) is 20.6 Å². The maximum absolute atomic E-state index is 5.52. The Balaban J connectivity index is 1.93. The predicted molar refractivity (Wildman–Crippen MR) is 82.8 cm³/mol. The second-order valence-corrected chi connectivity index (χ2v) is 5.62. The fourth-order valence-corrected chi connectivity index (χ4v) is 2.54. The molecule has 0 aliphatic carbocycles. The molecule has 0 aliphatic heterocycles. The summed E-state index contributed by atoms with van der Waals surface area (Å²) in [6.45, 7) is 6.03. The van der Waals surface area contributed by atoms with Crippen LogP contribution in [0.4, 0.5) is 0 Å². The molecule has 3 nitrogen and oxygen atoms in total. The summed E-state index contributed by atoms with van der Waals surface area (Å²) < 4.78 is 5.52. The zero-order chi connectivity index (χ0) is 14.5. The molecule has 108 valence electrons. The van der Waals surface area contributed by atoms with Gasteiger partial charge in [0.1, 0.15) is 5.76 Å². The first kappa shape index (κ1) is 14.8. The van der Waals surface area contributed by atoms with Crippen molar-refractivity contribution in [3.05, 3.63) is 59.0 Å². The van der Waals surface area contributed by atoms with E-state index in [1.165, 1.54) is 16.7 Å². The highest BCUT2D eigenvalue weighted by atomic mass is 16.3. The summed E-state index contributed by atoms with van der Waals surface area (Å²) in [6, 6.07) is 10.9. The molecule has 1 atom stereocenters. The van der Waals surface area contributed by atoms with Crippen LogP contribution in [0, 0.1) is 13.8 Å². The molecule has 0 spiro atoms. The Morgan fingerprint density at radius 2 is 1.85 bits per heavy atom. The molecule has 1 aromatic carbocycles. The monoisotopic (exact) mass is 272 g/mol. The summed E-state index contributed by atoms with van der Waals surface area (Å²) in [5.41, 5.74) is 3.97. The SMILES string of the molecule is Cc1cc(C)cc(CNCC(c2ccco2)N(C)C)c1. The number of aryl methyl sites for hydroxylation is 2. The van der Waals surface area contributed by atoms with Gasteiger partial charge in [0.2, 0.25) is 0 Å². The van der Waals surface area contributed by atoms with Gasteiger partial charge in [0.05, 0.1) is 12.3 Å². The van der Waals surface area contributed by atoms with Crippen molar-refractivity contribution in [3.8, 4) is 0 Å². The lowest BCUT2D eigenvalue weighted by Crippen LogP contribution is -2.30. The maximum atomic E-state index is 5.52. The van der Waals surface area contributed by atoms with E-state index in [4.69, 9.17) is 4.42 Å². The molecule has 1 heterocycles. The fourth-order valence-electron chi connectivity index (χ4n) is 2.54. The highest BCUT2D eigenvalue weighted by molar-refractivity contribution is 5.28. The van der Waals surface area contributed by atoms with E-state index in [1.54, 1.807) is 6.26 Å². The predicted octanol–water partition coefficient (Wildman–Crippen LogP) is 3.29. The molecule has 3 heteroatoms. The minimum Gasteiger partial charge on any atom is -0.468 e. The van der Waals surface area contributed by atoms with Gasteiger partial charge in [-0.1, -0.05) is 29.3 Å². The minimum absolute atomic E-state index is 0.260. The van der Waals surface area contributed by atoms with E-state index >= 15 is 0 Å². The summed E-state index contributed by atoms with van der Waals surface area (Å²) in [6.07, 6.45) is 1.73. The summed E-state index contributed by atoms with van der Waals surface area (Å²) in [5.74, 6) is 1.00. The number of hydrogen-bond acceptors (Lipinski definition) is 3. The van der Waals surface area contributed by atoms with Crippen molar-refractivity contribution >= 4 is 0 Å². The Labute approximate surface area is 121 Å². The quantitative estimate of drug-likeness (QED) is 0.874. The molecular formula is C17H24N2O. The molecule has 1 unspecified atom stereocenters. The molecule has 20 heavy (non-hydrogen) atoms. The fraction of sp³-hybridized carbons (Fsp3) is 0.412. The first-order chi connectivity index (χ1) is 9.56. The number of nitrogens with zero attached hydrogens (tertiary/aromatic N) is 1. The standard InChI is InChI=1S/C17H24N2O/c1-13-8-14(2)10-15(9-13)11-18-12-16(19(3)4)17-6-5-7-20-17/h5-10,16,18H,11-12H2,1-4H3. The number of furan rings is 1. The molecule has 0 radical (unpaired) electrons. The van der Waals surface area contributed by atoms with Crippen LogP contribution in [0.15, 0.2) is 41.0 Å². The first-order valence-corrected chi connectivity index (χ1v) is 7.04. The Morgan fingerprint density at radius 1 is 1.15 bits per heavy atom. The van der Waals surface area contributed by atoms with Crippen molar-refractivity contribution in [3.63, 3.8) is 0 Å². The van der Waals surface area contributed by atoms with Gasteiger partial charge >= 0.3 is 0 Å². The summed E-state index contributed by atoms with van der Waals surface area (Å²) in [5, 5.41) is 3.52. The summed E-state index contributed by atoms with van der Waals surface area (Å²) >= 11 is 0. The lowest BCUT2D eigenvalue weighted by molar-refractivity contribution is 0.250. The van der Waals surface area contributed by atoms with E-state index in [1.807, 2.05) is 12.1 Å². The lowest BCUT2D eigenvalue weighted by atomic mass is 10.1. The van der Waals surface area contributed by atoms with E-state index in [9.17, 15) is 0 Å². The highest BCUT2D eigenvalue weighted by Gasteiger charge is 2.16. The van der Waals surface area contributed by atoms with E-state index in [0.717, 1.165) is 18.8 Å². The van der Waals surface area contributed by atoms with Crippen LogP contribution in [0.5, 0.6) is 0 Å².